The number of amidine groups is 1. The molecule has 0 aromatic heterocycles. The lowest BCUT2D eigenvalue weighted by molar-refractivity contribution is 0.318. The van der Waals surface area contributed by atoms with Gasteiger partial charge in [0.25, 0.3) is 0 Å². The molecule has 5 heteroatoms. The molecule has 0 fully saturated rings. The van der Waals surface area contributed by atoms with Crippen molar-refractivity contribution in [2.75, 3.05) is 7.11 Å². The number of ether oxygens (including phenoxy) is 1. The molecule has 0 spiro atoms. The minimum atomic E-state index is 0.0546. The van der Waals surface area contributed by atoms with E-state index in [0.29, 0.717) is 23.3 Å². The number of nitrogens with two attached hydrogens (primary N) is 1. The van der Waals surface area contributed by atoms with Gasteiger partial charge in [-0.25, -0.2) is 0 Å². The SMILES string of the molecule is COc1ccc(CNC(C)CC(C)C)cc1C(N)=NO. The molecule has 0 aliphatic carbocycles. The molecular formula is C15H25N3O2. The van der Waals surface area contributed by atoms with Gasteiger partial charge in [-0.15, -0.1) is 0 Å². The first-order chi connectivity index (χ1) is 9.47. The number of methoxy groups -OCH3 is 1. The molecule has 0 heterocycles. The number of hydrogen-bond acceptors (Lipinski definition) is 4. The first-order valence-electron chi connectivity index (χ1n) is 6.86. The van der Waals surface area contributed by atoms with E-state index in [2.05, 4.69) is 31.2 Å². The van der Waals surface area contributed by atoms with Crippen molar-refractivity contribution in [3.8, 4) is 5.75 Å². The van der Waals surface area contributed by atoms with Crippen molar-refractivity contribution in [1.29, 1.82) is 0 Å². The van der Waals surface area contributed by atoms with Crippen molar-refractivity contribution in [3.63, 3.8) is 0 Å². The minimum absolute atomic E-state index is 0.0546. The van der Waals surface area contributed by atoms with Gasteiger partial charge in [0, 0.05) is 12.6 Å². The van der Waals surface area contributed by atoms with Crippen LogP contribution in [0.3, 0.4) is 0 Å². The average Bonchev–Trinajstić information content (AvgIpc) is 2.43. The lowest BCUT2D eigenvalue weighted by Crippen LogP contribution is -2.27. The summed E-state index contributed by atoms with van der Waals surface area (Å²) in [7, 11) is 1.56. The van der Waals surface area contributed by atoms with Gasteiger partial charge in [0.1, 0.15) is 5.75 Å². The maximum Gasteiger partial charge on any atom is 0.173 e. The van der Waals surface area contributed by atoms with Crippen LogP contribution in [0.15, 0.2) is 23.4 Å². The van der Waals surface area contributed by atoms with Crippen LogP contribution in [0.2, 0.25) is 0 Å². The van der Waals surface area contributed by atoms with E-state index in [-0.39, 0.29) is 5.84 Å². The second-order valence-corrected chi connectivity index (χ2v) is 5.43. The van der Waals surface area contributed by atoms with Crippen LogP contribution in [0.4, 0.5) is 0 Å². The fourth-order valence-electron chi connectivity index (χ4n) is 2.20. The Morgan fingerprint density at radius 3 is 2.65 bits per heavy atom. The molecule has 1 aromatic rings. The highest BCUT2D eigenvalue weighted by atomic mass is 16.5. The van der Waals surface area contributed by atoms with Gasteiger partial charge in [0.15, 0.2) is 5.84 Å². The van der Waals surface area contributed by atoms with Crippen LogP contribution in [-0.4, -0.2) is 24.2 Å². The summed E-state index contributed by atoms with van der Waals surface area (Å²) in [6.07, 6.45) is 1.13. The monoisotopic (exact) mass is 279 g/mol. The van der Waals surface area contributed by atoms with Crippen LogP contribution in [0.1, 0.15) is 38.3 Å². The van der Waals surface area contributed by atoms with Crippen LogP contribution in [0, 0.1) is 5.92 Å². The van der Waals surface area contributed by atoms with E-state index in [4.69, 9.17) is 15.7 Å². The minimum Gasteiger partial charge on any atom is -0.496 e. The maximum atomic E-state index is 8.81. The Morgan fingerprint density at radius 2 is 2.10 bits per heavy atom. The van der Waals surface area contributed by atoms with Crippen molar-refractivity contribution in [3.05, 3.63) is 29.3 Å². The van der Waals surface area contributed by atoms with E-state index < -0.39 is 0 Å². The van der Waals surface area contributed by atoms with Crippen LogP contribution < -0.4 is 15.8 Å². The summed E-state index contributed by atoms with van der Waals surface area (Å²) in [5.41, 5.74) is 7.34. The van der Waals surface area contributed by atoms with Crippen LogP contribution >= 0.6 is 0 Å². The predicted octanol–water partition coefficient (Wildman–Crippen LogP) is 2.31. The molecule has 1 rings (SSSR count). The zero-order chi connectivity index (χ0) is 15.1. The molecule has 0 saturated heterocycles. The lowest BCUT2D eigenvalue weighted by Gasteiger charge is -2.16. The van der Waals surface area contributed by atoms with Gasteiger partial charge < -0.3 is 21.0 Å². The van der Waals surface area contributed by atoms with E-state index in [1.165, 1.54) is 0 Å². The standard InChI is InChI=1S/C15H25N3O2/c1-10(2)7-11(3)17-9-12-5-6-14(20-4)13(8-12)15(16)18-19/h5-6,8,10-11,17,19H,7,9H2,1-4H3,(H2,16,18). The number of nitrogens with one attached hydrogen (secondary N) is 1. The van der Waals surface area contributed by atoms with E-state index in [9.17, 15) is 0 Å². The zero-order valence-corrected chi connectivity index (χ0v) is 12.7. The Labute approximate surface area is 120 Å². The van der Waals surface area contributed by atoms with Gasteiger partial charge in [-0.2, -0.15) is 0 Å². The van der Waals surface area contributed by atoms with E-state index in [1.54, 1.807) is 7.11 Å². The molecule has 0 radical (unpaired) electrons. The van der Waals surface area contributed by atoms with E-state index in [0.717, 1.165) is 18.5 Å². The molecule has 20 heavy (non-hydrogen) atoms. The molecule has 0 bridgehead atoms. The molecule has 1 atom stereocenters. The molecule has 1 unspecified atom stereocenters. The number of nitrogens with zero attached hydrogens (tertiary/aromatic N) is 1. The van der Waals surface area contributed by atoms with Gasteiger partial charge in [-0.05, 0) is 37.0 Å². The molecule has 4 N–H and O–H groups in total. The summed E-state index contributed by atoms with van der Waals surface area (Å²) in [5, 5.41) is 15.3. The molecule has 5 nitrogen and oxygen atoms in total. The van der Waals surface area contributed by atoms with Crippen molar-refractivity contribution in [2.45, 2.75) is 39.8 Å². The fraction of sp³-hybridized carbons (Fsp3) is 0.533. The number of benzene rings is 1. The van der Waals surface area contributed by atoms with Gasteiger partial charge in [0.2, 0.25) is 0 Å². The topological polar surface area (TPSA) is 79.9 Å². The maximum absolute atomic E-state index is 8.81. The molecule has 0 amide bonds. The van der Waals surface area contributed by atoms with Crippen LogP contribution in [-0.2, 0) is 6.54 Å². The summed E-state index contributed by atoms with van der Waals surface area (Å²) in [6.45, 7) is 7.34. The zero-order valence-electron chi connectivity index (χ0n) is 12.7. The van der Waals surface area contributed by atoms with Gasteiger partial charge in [0.05, 0.1) is 12.7 Å². The number of oxime groups is 1. The summed E-state index contributed by atoms with van der Waals surface area (Å²) in [5.74, 6) is 1.32. The molecule has 1 aromatic carbocycles. The quantitative estimate of drug-likeness (QED) is 0.310. The van der Waals surface area contributed by atoms with Crippen molar-refractivity contribution < 1.29 is 9.94 Å². The largest absolute Gasteiger partial charge is 0.496 e. The summed E-state index contributed by atoms with van der Waals surface area (Å²) < 4.78 is 5.21. The molecule has 0 aliphatic rings. The van der Waals surface area contributed by atoms with Crippen LogP contribution in [0.5, 0.6) is 5.75 Å². The fourth-order valence-corrected chi connectivity index (χ4v) is 2.20. The predicted molar refractivity (Wildman–Crippen MR) is 81.3 cm³/mol. The highest BCUT2D eigenvalue weighted by Gasteiger charge is 2.10. The second-order valence-electron chi connectivity index (χ2n) is 5.43. The normalized spacial score (nSPS) is 13.6. The first kappa shape index (κ1) is 16.3. The Kier molecular flexibility index (Phi) is 6.31. The van der Waals surface area contributed by atoms with Crippen LogP contribution in [0.25, 0.3) is 0 Å². The Hall–Kier alpha value is -1.75. The summed E-state index contributed by atoms with van der Waals surface area (Å²) in [6, 6.07) is 6.13. The van der Waals surface area contributed by atoms with Crippen molar-refractivity contribution >= 4 is 5.84 Å². The summed E-state index contributed by atoms with van der Waals surface area (Å²) in [4.78, 5) is 0. The first-order valence-corrected chi connectivity index (χ1v) is 6.86. The molecular weight excluding hydrogens is 254 g/mol. The summed E-state index contributed by atoms with van der Waals surface area (Å²) >= 11 is 0. The van der Waals surface area contributed by atoms with Crippen molar-refractivity contribution in [2.24, 2.45) is 16.8 Å². The smallest absolute Gasteiger partial charge is 0.173 e. The Morgan fingerprint density at radius 1 is 1.40 bits per heavy atom. The van der Waals surface area contributed by atoms with Gasteiger partial charge in [-0.1, -0.05) is 25.1 Å². The third-order valence-corrected chi connectivity index (χ3v) is 3.13. The van der Waals surface area contributed by atoms with Gasteiger partial charge in [-0.3, -0.25) is 0 Å². The van der Waals surface area contributed by atoms with Crippen molar-refractivity contribution in [1.82, 2.24) is 5.32 Å². The Bertz CT molecular complexity index is 458. The molecule has 0 saturated carbocycles. The second kappa shape index (κ2) is 7.75. The van der Waals surface area contributed by atoms with E-state index >= 15 is 0 Å². The highest BCUT2D eigenvalue weighted by Crippen LogP contribution is 2.20. The average molecular weight is 279 g/mol. The lowest BCUT2D eigenvalue weighted by atomic mass is 10.0. The van der Waals surface area contributed by atoms with E-state index in [1.807, 2.05) is 18.2 Å². The number of rotatable bonds is 7. The molecule has 112 valence electrons. The van der Waals surface area contributed by atoms with Gasteiger partial charge >= 0.3 is 0 Å². The highest BCUT2D eigenvalue weighted by molar-refractivity contribution is 5.99. The Balaban J connectivity index is 2.77. The third-order valence-electron chi connectivity index (χ3n) is 3.13. The third kappa shape index (κ3) is 4.74. The number of hydrogen-bond donors (Lipinski definition) is 3. The molecule has 0 aliphatic heterocycles.